The Balaban J connectivity index is 1.91. The largest absolute Gasteiger partial charge is 0.371 e. The molecule has 2 rings (SSSR count). The SMILES string of the molecule is CC(C)(C)O[C@@H]1C[C@@H]2CN(C(C)(C)C)CCN2C1. The molecular formula is C15H30N2O. The van der Waals surface area contributed by atoms with E-state index in [1.807, 2.05) is 0 Å². The van der Waals surface area contributed by atoms with Gasteiger partial charge < -0.3 is 4.74 Å². The lowest BCUT2D eigenvalue weighted by atomic mass is 10.0. The first-order valence-corrected chi connectivity index (χ1v) is 7.32. The smallest absolute Gasteiger partial charge is 0.0724 e. The fraction of sp³-hybridized carbons (Fsp3) is 1.00. The fourth-order valence-corrected chi connectivity index (χ4v) is 3.19. The van der Waals surface area contributed by atoms with Gasteiger partial charge in [0.25, 0.3) is 0 Å². The molecule has 3 nitrogen and oxygen atoms in total. The lowest BCUT2D eigenvalue weighted by molar-refractivity contribution is -0.0539. The zero-order valence-electron chi connectivity index (χ0n) is 13.0. The van der Waals surface area contributed by atoms with Crippen LogP contribution in [0.1, 0.15) is 48.0 Å². The van der Waals surface area contributed by atoms with Crippen molar-refractivity contribution in [3.63, 3.8) is 0 Å². The Morgan fingerprint density at radius 2 is 1.61 bits per heavy atom. The highest BCUT2D eigenvalue weighted by molar-refractivity contribution is 4.95. The van der Waals surface area contributed by atoms with Crippen LogP contribution in [0.15, 0.2) is 0 Å². The summed E-state index contributed by atoms with van der Waals surface area (Å²) in [6, 6.07) is 0.699. The summed E-state index contributed by atoms with van der Waals surface area (Å²) in [6.07, 6.45) is 1.62. The van der Waals surface area contributed by atoms with Crippen molar-refractivity contribution in [1.29, 1.82) is 0 Å². The van der Waals surface area contributed by atoms with Gasteiger partial charge in [-0.15, -0.1) is 0 Å². The number of hydrogen-bond acceptors (Lipinski definition) is 3. The van der Waals surface area contributed by atoms with Crippen molar-refractivity contribution in [3.05, 3.63) is 0 Å². The average molecular weight is 254 g/mol. The van der Waals surface area contributed by atoms with Crippen LogP contribution in [-0.2, 0) is 4.74 Å². The van der Waals surface area contributed by atoms with E-state index in [-0.39, 0.29) is 5.60 Å². The predicted molar refractivity (Wildman–Crippen MR) is 75.9 cm³/mol. The Kier molecular flexibility index (Phi) is 3.79. The number of nitrogens with zero attached hydrogens (tertiary/aromatic N) is 2. The van der Waals surface area contributed by atoms with E-state index >= 15 is 0 Å². The summed E-state index contributed by atoms with van der Waals surface area (Å²) in [5.41, 5.74) is 0.290. The molecule has 0 spiro atoms. The zero-order chi connectivity index (χ0) is 13.6. The van der Waals surface area contributed by atoms with E-state index in [1.54, 1.807) is 0 Å². The van der Waals surface area contributed by atoms with Gasteiger partial charge in [0.15, 0.2) is 0 Å². The number of hydrogen-bond donors (Lipinski definition) is 0. The second-order valence-electron chi connectivity index (χ2n) is 7.85. The van der Waals surface area contributed by atoms with Crippen molar-refractivity contribution in [2.24, 2.45) is 0 Å². The molecule has 0 aromatic carbocycles. The maximum absolute atomic E-state index is 6.15. The van der Waals surface area contributed by atoms with E-state index in [0.29, 0.717) is 17.7 Å². The van der Waals surface area contributed by atoms with Gasteiger partial charge in [-0.1, -0.05) is 0 Å². The standard InChI is InChI=1S/C15H30N2O/c1-14(2,3)17-8-7-16-11-13(9-12(16)10-17)18-15(4,5)6/h12-13H,7-11H2,1-6H3/t12-,13-/m1/s1. The molecule has 2 atom stereocenters. The molecule has 0 saturated carbocycles. The van der Waals surface area contributed by atoms with Crippen LogP contribution in [0.5, 0.6) is 0 Å². The topological polar surface area (TPSA) is 15.7 Å². The van der Waals surface area contributed by atoms with E-state index in [4.69, 9.17) is 4.74 Å². The van der Waals surface area contributed by atoms with Crippen molar-refractivity contribution < 1.29 is 4.74 Å². The van der Waals surface area contributed by atoms with Crippen LogP contribution in [0.4, 0.5) is 0 Å². The molecule has 2 fully saturated rings. The van der Waals surface area contributed by atoms with Gasteiger partial charge in [-0.3, -0.25) is 9.80 Å². The zero-order valence-corrected chi connectivity index (χ0v) is 13.0. The first-order chi connectivity index (χ1) is 8.15. The van der Waals surface area contributed by atoms with Crippen molar-refractivity contribution in [3.8, 4) is 0 Å². The van der Waals surface area contributed by atoms with Crippen LogP contribution >= 0.6 is 0 Å². The Morgan fingerprint density at radius 1 is 0.944 bits per heavy atom. The van der Waals surface area contributed by atoms with Crippen molar-refractivity contribution >= 4 is 0 Å². The summed E-state index contributed by atoms with van der Waals surface area (Å²) >= 11 is 0. The molecule has 0 bridgehead atoms. The van der Waals surface area contributed by atoms with Gasteiger partial charge in [0, 0.05) is 37.8 Å². The van der Waals surface area contributed by atoms with E-state index in [9.17, 15) is 0 Å². The molecule has 0 aromatic rings. The molecule has 2 aliphatic heterocycles. The van der Waals surface area contributed by atoms with E-state index < -0.39 is 0 Å². The fourth-order valence-electron chi connectivity index (χ4n) is 3.19. The Morgan fingerprint density at radius 3 is 2.17 bits per heavy atom. The monoisotopic (exact) mass is 254 g/mol. The van der Waals surface area contributed by atoms with Crippen molar-refractivity contribution in [2.75, 3.05) is 26.2 Å². The minimum absolute atomic E-state index is 0.0109. The van der Waals surface area contributed by atoms with E-state index in [1.165, 1.54) is 26.1 Å². The average Bonchev–Trinajstić information content (AvgIpc) is 2.53. The van der Waals surface area contributed by atoms with Crippen LogP contribution in [0.25, 0.3) is 0 Å². The second kappa shape index (κ2) is 4.77. The van der Waals surface area contributed by atoms with Gasteiger partial charge in [0.05, 0.1) is 11.7 Å². The minimum Gasteiger partial charge on any atom is -0.371 e. The molecule has 0 N–H and O–H groups in total. The third-order valence-electron chi connectivity index (χ3n) is 4.05. The summed E-state index contributed by atoms with van der Waals surface area (Å²) in [5, 5.41) is 0. The van der Waals surface area contributed by atoms with Gasteiger partial charge in [-0.2, -0.15) is 0 Å². The lowest BCUT2D eigenvalue weighted by Crippen LogP contribution is -2.56. The first kappa shape index (κ1) is 14.3. The minimum atomic E-state index is -0.0109. The first-order valence-electron chi connectivity index (χ1n) is 7.32. The van der Waals surface area contributed by atoms with Crippen molar-refractivity contribution in [1.82, 2.24) is 9.80 Å². The Labute approximate surface area is 112 Å². The molecule has 106 valence electrons. The number of piperazine rings is 1. The molecule has 2 saturated heterocycles. The maximum Gasteiger partial charge on any atom is 0.0724 e. The van der Waals surface area contributed by atoms with Gasteiger partial charge in [0.2, 0.25) is 0 Å². The highest BCUT2D eigenvalue weighted by Crippen LogP contribution is 2.29. The highest BCUT2D eigenvalue weighted by atomic mass is 16.5. The van der Waals surface area contributed by atoms with Gasteiger partial charge >= 0.3 is 0 Å². The number of fused-ring (bicyclic) bond motifs is 1. The molecule has 2 aliphatic rings. The second-order valence-corrected chi connectivity index (χ2v) is 7.85. The van der Waals surface area contributed by atoms with Crippen LogP contribution in [0.2, 0.25) is 0 Å². The molecule has 0 unspecified atom stereocenters. The third kappa shape index (κ3) is 3.46. The van der Waals surface area contributed by atoms with Gasteiger partial charge in [-0.05, 0) is 48.0 Å². The molecule has 18 heavy (non-hydrogen) atoms. The summed E-state index contributed by atoms with van der Waals surface area (Å²) in [5.74, 6) is 0. The molecule has 2 heterocycles. The highest BCUT2D eigenvalue weighted by Gasteiger charge is 2.40. The molecule has 0 aromatic heterocycles. The lowest BCUT2D eigenvalue weighted by Gasteiger charge is -2.44. The van der Waals surface area contributed by atoms with E-state index in [0.717, 1.165) is 6.54 Å². The third-order valence-corrected chi connectivity index (χ3v) is 4.05. The predicted octanol–water partition coefficient (Wildman–Crippen LogP) is 2.36. The Hall–Kier alpha value is -0.120. The summed E-state index contributed by atoms with van der Waals surface area (Å²) in [4.78, 5) is 5.24. The Bertz CT molecular complexity index is 290. The summed E-state index contributed by atoms with van der Waals surface area (Å²) in [6.45, 7) is 18.2. The quantitative estimate of drug-likeness (QED) is 0.714. The molecule has 0 radical (unpaired) electrons. The van der Waals surface area contributed by atoms with Gasteiger partial charge in [0.1, 0.15) is 0 Å². The van der Waals surface area contributed by atoms with Crippen LogP contribution in [-0.4, -0.2) is 59.3 Å². The summed E-state index contributed by atoms with van der Waals surface area (Å²) < 4.78 is 6.15. The molecule has 3 heteroatoms. The summed E-state index contributed by atoms with van der Waals surface area (Å²) in [7, 11) is 0. The van der Waals surface area contributed by atoms with Gasteiger partial charge in [-0.25, -0.2) is 0 Å². The molecule has 0 aliphatic carbocycles. The van der Waals surface area contributed by atoms with Crippen molar-refractivity contribution in [2.45, 2.75) is 71.2 Å². The maximum atomic E-state index is 6.15. The number of ether oxygens (including phenoxy) is 1. The van der Waals surface area contributed by atoms with Crippen LogP contribution in [0.3, 0.4) is 0 Å². The normalized spacial score (nSPS) is 31.7. The van der Waals surface area contributed by atoms with Crippen LogP contribution < -0.4 is 0 Å². The number of rotatable bonds is 1. The molecular weight excluding hydrogens is 224 g/mol. The molecule has 0 amide bonds. The van der Waals surface area contributed by atoms with E-state index in [2.05, 4.69) is 51.3 Å². The van der Waals surface area contributed by atoms with Crippen LogP contribution in [0, 0.1) is 0 Å².